The zero-order valence-electron chi connectivity index (χ0n) is 16.2. The molecule has 144 valence electrons. The Bertz CT molecular complexity index is 769. The van der Waals surface area contributed by atoms with Crippen LogP contribution in [0, 0.1) is 0 Å². The van der Waals surface area contributed by atoms with E-state index < -0.39 is 0 Å². The van der Waals surface area contributed by atoms with Gasteiger partial charge in [-0.05, 0) is 50.7 Å². The van der Waals surface area contributed by atoms with Crippen LogP contribution < -0.4 is 4.90 Å². The third-order valence-electron chi connectivity index (χ3n) is 6.21. The second-order valence-corrected chi connectivity index (χ2v) is 8.08. The minimum Gasteiger partial charge on any atom is -0.370 e. The largest absolute Gasteiger partial charge is 0.370 e. The van der Waals surface area contributed by atoms with Gasteiger partial charge in [0.05, 0.1) is 6.04 Å². The van der Waals surface area contributed by atoms with E-state index in [1.165, 1.54) is 18.9 Å². The van der Waals surface area contributed by atoms with Crippen LogP contribution in [0.1, 0.15) is 28.8 Å². The number of hydrogen-bond donors (Lipinski definition) is 0. The van der Waals surface area contributed by atoms with Crippen molar-refractivity contribution < 1.29 is 9.59 Å². The van der Waals surface area contributed by atoms with E-state index in [4.69, 9.17) is 0 Å². The zero-order valence-corrected chi connectivity index (χ0v) is 16.2. The summed E-state index contributed by atoms with van der Waals surface area (Å²) in [7, 11) is 4.27. The van der Waals surface area contributed by atoms with E-state index >= 15 is 0 Å². The summed E-state index contributed by atoms with van der Waals surface area (Å²) in [6.07, 6.45) is 3.74. The van der Waals surface area contributed by atoms with Crippen LogP contribution in [0.4, 0.5) is 5.69 Å². The monoisotopic (exact) mass is 368 g/mol. The molecule has 1 unspecified atom stereocenters. The van der Waals surface area contributed by atoms with Crippen molar-refractivity contribution in [2.24, 2.45) is 0 Å². The van der Waals surface area contributed by atoms with Crippen molar-refractivity contribution in [3.63, 3.8) is 0 Å². The normalized spacial score (nSPS) is 22.9. The Hall–Kier alpha value is -2.34. The van der Waals surface area contributed by atoms with Crippen molar-refractivity contribution in [2.45, 2.75) is 31.5 Å². The molecule has 4 rings (SSSR count). The highest BCUT2D eigenvalue weighted by atomic mass is 16.2. The number of carbonyl (C=O) groups is 2. The number of likely N-dealkylation sites (N-methyl/N-ethyl adjacent to an activating group) is 1. The number of piperidine rings is 1. The summed E-state index contributed by atoms with van der Waals surface area (Å²) >= 11 is 0. The van der Waals surface area contributed by atoms with Gasteiger partial charge in [-0.25, -0.2) is 0 Å². The molecule has 1 aromatic rings. The number of hydrogen-bond acceptors (Lipinski definition) is 4. The van der Waals surface area contributed by atoms with Crippen LogP contribution in [0.2, 0.25) is 0 Å². The summed E-state index contributed by atoms with van der Waals surface area (Å²) in [6, 6.07) is 7.00. The highest BCUT2D eigenvalue weighted by Crippen LogP contribution is 2.32. The fraction of sp³-hybridized carbons (Fsp3) is 0.524. The van der Waals surface area contributed by atoms with Gasteiger partial charge in [-0.2, -0.15) is 0 Å². The van der Waals surface area contributed by atoms with Crippen molar-refractivity contribution in [1.82, 2.24) is 14.7 Å². The number of benzene rings is 1. The Balaban J connectivity index is 1.46. The fourth-order valence-electron chi connectivity index (χ4n) is 4.38. The van der Waals surface area contributed by atoms with Gasteiger partial charge in [-0.1, -0.05) is 12.6 Å². The van der Waals surface area contributed by atoms with E-state index in [2.05, 4.69) is 48.7 Å². The van der Waals surface area contributed by atoms with E-state index in [0.29, 0.717) is 25.7 Å². The van der Waals surface area contributed by atoms with Crippen LogP contribution in [0.5, 0.6) is 0 Å². The molecule has 0 aliphatic carbocycles. The van der Waals surface area contributed by atoms with Crippen LogP contribution >= 0.6 is 0 Å². The molecule has 0 radical (unpaired) electrons. The van der Waals surface area contributed by atoms with Gasteiger partial charge in [0.15, 0.2) is 0 Å². The molecule has 2 fully saturated rings. The van der Waals surface area contributed by atoms with Gasteiger partial charge in [0.1, 0.15) is 0 Å². The number of anilines is 1. The van der Waals surface area contributed by atoms with Gasteiger partial charge in [0.25, 0.3) is 5.91 Å². The molecule has 6 heteroatoms. The summed E-state index contributed by atoms with van der Waals surface area (Å²) in [4.78, 5) is 32.9. The molecule has 2 amide bonds. The second kappa shape index (κ2) is 7.00. The Morgan fingerprint density at radius 3 is 2.74 bits per heavy atom. The van der Waals surface area contributed by atoms with Gasteiger partial charge in [-0.15, -0.1) is 0 Å². The molecule has 3 aliphatic heterocycles. The molecule has 0 N–H and O–H groups in total. The van der Waals surface area contributed by atoms with Crippen LogP contribution in [-0.4, -0.2) is 78.9 Å². The minimum absolute atomic E-state index is 0.0572. The topological polar surface area (TPSA) is 47.1 Å². The lowest BCUT2D eigenvalue weighted by atomic mass is 10.0. The molecule has 2 saturated heterocycles. The molecule has 0 aromatic heterocycles. The molecule has 3 heterocycles. The number of fused-ring (bicyclic) bond motifs is 1. The first kappa shape index (κ1) is 18.0. The van der Waals surface area contributed by atoms with E-state index in [0.717, 1.165) is 29.9 Å². The van der Waals surface area contributed by atoms with Crippen LogP contribution in [0.15, 0.2) is 30.9 Å². The van der Waals surface area contributed by atoms with Crippen molar-refractivity contribution in [1.29, 1.82) is 0 Å². The molecular formula is C21H28N4O2. The average molecular weight is 368 g/mol. The smallest absolute Gasteiger partial charge is 0.254 e. The van der Waals surface area contributed by atoms with E-state index in [9.17, 15) is 9.59 Å². The molecule has 1 aromatic carbocycles. The Kier molecular flexibility index (Phi) is 4.68. The lowest BCUT2D eigenvalue weighted by Crippen LogP contribution is -2.60. The Labute approximate surface area is 161 Å². The summed E-state index contributed by atoms with van der Waals surface area (Å²) in [5, 5.41) is 0. The van der Waals surface area contributed by atoms with Gasteiger partial charge < -0.3 is 19.6 Å². The maximum Gasteiger partial charge on any atom is 0.254 e. The van der Waals surface area contributed by atoms with Gasteiger partial charge in [-0.3, -0.25) is 9.59 Å². The molecular weight excluding hydrogens is 340 g/mol. The number of rotatable bonds is 4. The fourth-order valence-corrected chi connectivity index (χ4v) is 4.38. The summed E-state index contributed by atoms with van der Waals surface area (Å²) in [5.41, 5.74) is 3.07. The minimum atomic E-state index is -0.0572. The van der Waals surface area contributed by atoms with Crippen LogP contribution in [0.25, 0.3) is 0 Å². The van der Waals surface area contributed by atoms with E-state index in [1.807, 2.05) is 4.90 Å². The molecule has 0 bridgehead atoms. The average Bonchev–Trinajstić information content (AvgIpc) is 2.96. The first-order chi connectivity index (χ1) is 13.0. The molecule has 0 spiro atoms. The number of likely N-dealkylation sites (tertiary alicyclic amines) is 1. The van der Waals surface area contributed by atoms with Gasteiger partial charge in [0.2, 0.25) is 5.91 Å². The van der Waals surface area contributed by atoms with Crippen LogP contribution in [0.3, 0.4) is 0 Å². The predicted molar refractivity (Wildman–Crippen MR) is 106 cm³/mol. The second-order valence-electron chi connectivity index (χ2n) is 8.08. The highest BCUT2D eigenvalue weighted by molar-refractivity contribution is 5.99. The SMILES string of the molecule is C=CC(=O)N1CC(N2Cc3ccc(N4CCCC(N(C)C)C4)cc3C2=O)C1. The quantitative estimate of drug-likeness (QED) is 0.757. The van der Waals surface area contributed by atoms with Crippen molar-refractivity contribution >= 4 is 17.5 Å². The Morgan fingerprint density at radius 1 is 1.26 bits per heavy atom. The third-order valence-corrected chi connectivity index (χ3v) is 6.21. The molecule has 6 nitrogen and oxygen atoms in total. The van der Waals surface area contributed by atoms with Crippen LogP contribution in [-0.2, 0) is 11.3 Å². The first-order valence-corrected chi connectivity index (χ1v) is 9.74. The molecule has 0 saturated carbocycles. The van der Waals surface area contributed by atoms with Crippen molar-refractivity contribution in [3.05, 3.63) is 42.0 Å². The third kappa shape index (κ3) is 3.23. The number of amides is 2. The molecule has 3 aliphatic rings. The summed E-state index contributed by atoms with van der Waals surface area (Å²) in [6.45, 7) is 7.43. The highest BCUT2D eigenvalue weighted by Gasteiger charge is 2.40. The van der Waals surface area contributed by atoms with Gasteiger partial charge in [0, 0.05) is 50.0 Å². The van der Waals surface area contributed by atoms with Gasteiger partial charge >= 0.3 is 0 Å². The molecule has 1 atom stereocenters. The standard InChI is InChI=1S/C21H28N4O2/c1-4-20(26)24-13-18(14-24)25-11-15-7-8-16(10-19(15)21(25)27)23-9-5-6-17(12-23)22(2)3/h4,7-8,10,17-18H,1,5-6,9,11-14H2,2-3H3. The lowest BCUT2D eigenvalue weighted by Gasteiger charge is -2.43. The maximum atomic E-state index is 13.0. The Morgan fingerprint density at radius 2 is 2.04 bits per heavy atom. The maximum absolute atomic E-state index is 13.0. The summed E-state index contributed by atoms with van der Waals surface area (Å²) < 4.78 is 0. The lowest BCUT2D eigenvalue weighted by molar-refractivity contribution is -0.132. The van der Waals surface area contributed by atoms with Crippen molar-refractivity contribution in [3.8, 4) is 0 Å². The zero-order chi connectivity index (χ0) is 19.1. The van der Waals surface area contributed by atoms with E-state index in [1.54, 1.807) is 4.90 Å². The predicted octanol–water partition coefficient (Wildman–Crippen LogP) is 1.57. The summed E-state index contributed by atoms with van der Waals surface area (Å²) in [5.74, 6) is 0.0435. The van der Waals surface area contributed by atoms with E-state index in [-0.39, 0.29) is 17.9 Å². The number of nitrogens with zero attached hydrogens (tertiary/aromatic N) is 4. The first-order valence-electron chi connectivity index (χ1n) is 9.74. The number of carbonyl (C=O) groups excluding carboxylic acids is 2. The molecule has 27 heavy (non-hydrogen) atoms. The van der Waals surface area contributed by atoms with Crippen molar-refractivity contribution in [2.75, 3.05) is 45.2 Å².